The number of aryl methyl sites for hydroxylation is 1. The van der Waals surface area contributed by atoms with E-state index in [1.165, 1.54) is 50.6 Å². The van der Waals surface area contributed by atoms with Crippen molar-refractivity contribution in [3.8, 4) is 0 Å². The van der Waals surface area contributed by atoms with E-state index in [1.54, 1.807) is 0 Å². The van der Waals surface area contributed by atoms with Gasteiger partial charge in [0.1, 0.15) is 0 Å². The van der Waals surface area contributed by atoms with Crippen LogP contribution in [-0.4, -0.2) is 36.6 Å². The molecule has 0 N–H and O–H groups in total. The number of rotatable bonds is 9. The van der Waals surface area contributed by atoms with Crippen LogP contribution in [0.1, 0.15) is 74.7 Å². The van der Waals surface area contributed by atoms with Gasteiger partial charge in [0, 0.05) is 12.6 Å². The number of unbranched alkanes of at least 4 members (excludes halogenated alkanes) is 2. The highest BCUT2D eigenvalue weighted by atomic mass is 16.5. The fraction of sp³-hybridized carbons (Fsp3) is 0.667. The lowest BCUT2D eigenvalue weighted by molar-refractivity contribution is 0.0475. The highest BCUT2D eigenvalue weighted by molar-refractivity contribution is 5.89. The normalized spacial score (nSPS) is 18.5. The van der Waals surface area contributed by atoms with Gasteiger partial charge in [-0.05, 0) is 63.3 Å². The first-order chi connectivity index (χ1) is 11.7. The first-order valence-corrected chi connectivity index (χ1v) is 9.71. The summed E-state index contributed by atoms with van der Waals surface area (Å²) < 4.78 is 5.43. The van der Waals surface area contributed by atoms with Gasteiger partial charge in [0.2, 0.25) is 0 Å². The molecule has 1 aromatic rings. The number of carbonyl (C=O) groups is 1. The summed E-state index contributed by atoms with van der Waals surface area (Å²) in [7, 11) is 0. The maximum Gasteiger partial charge on any atom is 0.338 e. The molecule has 0 amide bonds. The Hall–Kier alpha value is -1.35. The van der Waals surface area contributed by atoms with Crippen LogP contribution in [0.2, 0.25) is 0 Å². The molecule has 1 unspecified atom stereocenters. The molecule has 3 heteroatoms. The van der Waals surface area contributed by atoms with Crippen LogP contribution >= 0.6 is 0 Å². The second kappa shape index (κ2) is 10.5. The predicted molar refractivity (Wildman–Crippen MR) is 99.5 cm³/mol. The molecule has 3 nitrogen and oxygen atoms in total. The molecule has 0 bridgehead atoms. The molecule has 24 heavy (non-hydrogen) atoms. The van der Waals surface area contributed by atoms with E-state index in [1.807, 2.05) is 12.1 Å². The summed E-state index contributed by atoms with van der Waals surface area (Å²) in [6.07, 6.45) is 9.68. The van der Waals surface area contributed by atoms with Crippen molar-refractivity contribution in [1.29, 1.82) is 0 Å². The van der Waals surface area contributed by atoms with Crippen molar-refractivity contribution in [1.82, 2.24) is 4.90 Å². The maximum atomic E-state index is 12.1. The third kappa shape index (κ3) is 6.27. The summed E-state index contributed by atoms with van der Waals surface area (Å²) in [5.74, 6) is -0.193. The van der Waals surface area contributed by atoms with Gasteiger partial charge in [0.25, 0.3) is 0 Å². The molecule has 0 aliphatic carbocycles. The Bertz CT molecular complexity index is 483. The minimum Gasteiger partial charge on any atom is -0.462 e. The molecule has 1 atom stereocenters. The van der Waals surface area contributed by atoms with Gasteiger partial charge in [-0.15, -0.1) is 0 Å². The van der Waals surface area contributed by atoms with E-state index in [4.69, 9.17) is 4.74 Å². The Labute approximate surface area is 147 Å². The largest absolute Gasteiger partial charge is 0.462 e. The van der Waals surface area contributed by atoms with Crippen LogP contribution < -0.4 is 0 Å². The molecule has 1 fully saturated rings. The van der Waals surface area contributed by atoms with Crippen molar-refractivity contribution in [3.05, 3.63) is 35.4 Å². The third-order valence-electron chi connectivity index (χ3n) is 5.02. The summed E-state index contributed by atoms with van der Waals surface area (Å²) in [6.45, 7) is 7.25. The molecule has 0 aromatic heterocycles. The summed E-state index contributed by atoms with van der Waals surface area (Å²) in [4.78, 5) is 14.6. The molecular weight excluding hydrogens is 298 g/mol. The highest BCUT2D eigenvalue weighted by Crippen LogP contribution is 2.16. The van der Waals surface area contributed by atoms with Crippen LogP contribution in [0.25, 0.3) is 0 Å². The van der Waals surface area contributed by atoms with Crippen molar-refractivity contribution in [3.63, 3.8) is 0 Å². The third-order valence-corrected chi connectivity index (χ3v) is 5.02. The quantitative estimate of drug-likeness (QED) is 0.479. The van der Waals surface area contributed by atoms with E-state index in [2.05, 4.69) is 30.9 Å². The van der Waals surface area contributed by atoms with Crippen LogP contribution in [0.5, 0.6) is 0 Å². The maximum absolute atomic E-state index is 12.1. The monoisotopic (exact) mass is 331 g/mol. The van der Waals surface area contributed by atoms with Gasteiger partial charge in [0.05, 0.1) is 12.2 Å². The van der Waals surface area contributed by atoms with E-state index in [-0.39, 0.29) is 5.97 Å². The Kier molecular flexibility index (Phi) is 8.31. The van der Waals surface area contributed by atoms with Gasteiger partial charge >= 0.3 is 5.97 Å². The van der Waals surface area contributed by atoms with Crippen LogP contribution in [0.15, 0.2) is 24.3 Å². The molecule has 0 radical (unpaired) electrons. The van der Waals surface area contributed by atoms with Crippen molar-refractivity contribution in [2.75, 3.05) is 19.7 Å². The van der Waals surface area contributed by atoms with Gasteiger partial charge in [-0.1, -0.05) is 38.3 Å². The molecule has 134 valence electrons. The Morgan fingerprint density at radius 3 is 2.67 bits per heavy atom. The first-order valence-electron chi connectivity index (χ1n) is 9.71. The molecule has 1 aliphatic rings. The number of piperidine rings is 1. The number of likely N-dealkylation sites (tertiary alicyclic amines) is 1. The molecule has 1 aromatic carbocycles. The van der Waals surface area contributed by atoms with Crippen molar-refractivity contribution in [2.24, 2.45) is 0 Å². The van der Waals surface area contributed by atoms with Gasteiger partial charge in [-0.25, -0.2) is 4.79 Å². The van der Waals surface area contributed by atoms with Crippen LogP contribution in [0.4, 0.5) is 0 Å². The van der Waals surface area contributed by atoms with E-state index >= 15 is 0 Å². The van der Waals surface area contributed by atoms with E-state index < -0.39 is 0 Å². The zero-order valence-corrected chi connectivity index (χ0v) is 15.4. The molecular formula is C21H33NO2. The van der Waals surface area contributed by atoms with Crippen molar-refractivity contribution in [2.45, 2.75) is 71.3 Å². The Morgan fingerprint density at radius 2 is 1.96 bits per heavy atom. The summed E-state index contributed by atoms with van der Waals surface area (Å²) >= 11 is 0. The van der Waals surface area contributed by atoms with Crippen LogP contribution in [0, 0.1) is 0 Å². The lowest BCUT2D eigenvalue weighted by Crippen LogP contribution is -2.38. The number of hydrogen-bond donors (Lipinski definition) is 0. The summed E-state index contributed by atoms with van der Waals surface area (Å²) in [6, 6.07) is 8.59. The zero-order valence-electron chi connectivity index (χ0n) is 15.4. The van der Waals surface area contributed by atoms with E-state index in [9.17, 15) is 4.79 Å². The summed E-state index contributed by atoms with van der Waals surface area (Å²) in [5, 5.41) is 0. The number of hydrogen-bond acceptors (Lipinski definition) is 3. The molecule has 2 rings (SSSR count). The van der Waals surface area contributed by atoms with Crippen LogP contribution in [-0.2, 0) is 11.2 Å². The molecule has 1 heterocycles. The molecule has 0 saturated carbocycles. The minimum atomic E-state index is -0.193. The van der Waals surface area contributed by atoms with E-state index in [0.29, 0.717) is 18.2 Å². The number of esters is 1. The standard InChI is InChI=1S/C21H33NO2/c1-3-4-5-10-19-11-13-20(14-12-19)21(23)24-17-8-16-22-15-7-6-9-18(22)2/h11-14,18H,3-10,15-17H2,1-2H3. The highest BCUT2D eigenvalue weighted by Gasteiger charge is 2.17. The van der Waals surface area contributed by atoms with Gasteiger partial charge in [-0.3, -0.25) is 0 Å². The topological polar surface area (TPSA) is 29.5 Å². The average Bonchev–Trinajstić information content (AvgIpc) is 2.61. The molecule has 0 spiro atoms. The van der Waals surface area contributed by atoms with E-state index in [0.717, 1.165) is 19.4 Å². The fourth-order valence-corrected chi connectivity index (χ4v) is 3.39. The van der Waals surface area contributed by atoms with Crippen LogP contribution in [0.3, 0.4) is 0 Å². The first kappa shape index (κ1) is 19.0. The number of ether oxygens (including phenoxy) is 1. The van der Waals surface area contributed by atoms with Crippen molar-refractivity contribution < 1.29 is 9.53 Å². The molecule has 1 saturated heterocycles. The second-order valence-corrected chi connectivity index (χ2v) is 7.02. The minimum absolute atomic E-state index is 0.193. The fourth-order valence-electron chi connectivity index (χ4n) is 3.39. The lowest BCUT2D eigenvalue weighted by Gasteiger charge is -2.33. The van der Waals surface area contributed by atoms with Crippen molar-refractivity contribution >= 4 is 5.97 Å². The second-order valence-electron chi connectivity index (χ2n) is 7.02. The summed E-state index contributed by atoms with van der Waals surface area (Å²) in [5.41, 5.74) is 1.97. The number of carbonyl (C=O) groups excluding carboxylic acids is 1. The molecule has 1 aliphatic heterocycles. The average molecular weight is 332 g/mol. The van der Waals surface area contributed by atoms with Gasteiger partial charge < -0.3 is 9.64 Å². The predicted octanol–water partition coefficient (Wildman–Crippen LogP) is 4.84. The SMILES string of the molecule is CCCCCc1ccc(C(=O)OCCCN2CCCCC2C)cc1. The smallest absolute Gasteiger partial charge is 0.338 e. The van der Waals surface area contributed by atoms with Gasteiger partial charge in [0.15, 0.2) is 0 Å². The lowest BCUT2D eigenvalue weighted by atomic mass is 10.0. The number of nitrogens with zero attached hydrogens (tertiary/aromatic N) is 1. The van der Waals surface area contributed by atoms with Gasteiger partial charge in [-0.2, -0.15) is 0 Å². The number of benzene rings is 1. The Balaban J connectivity index is 1.66. The Morgan fingerprint density at radius 1 is 1.17 bits per heavy atom. The zero-order chi connectivity index (χ0) is 17.2.